The van der Waals surface area contributed by atoms with E-state index in [0.29, 0.717) is 32.6 Å². The Hall–Kier alpha value is -2.89. The lowest BCUT2D eigenvalue weighted by Crippen LogP contribution is -2.49. The van der Waals surface area contributed by atoms with Gasteiger partial charge in [0.05, 0.1) is 17.9 Å². The average molecular weight is 395 g/mol. The Kier molecular flexibility index (Phi) is 5.51. The van der Waals surface area contributed by atoms with Gasteiger partial charge in [0.15, 0.2) is 0 Å². The number of rotatable bonds is 5. The standard InChI is InChI=1S/C23H26FN3O2/c1-16(17-5-3-2-4-6-17)25-22(28)20-15-21(20)23(29)27-13-11-26(12-14-27)19-9-7-18(24)8-10-19/h2-10,16,20-21H,11-15H2,1H3,(H,25,28). The minimum atomic E-state index is -0.248. The summed E-state index contributed by atoms with van der Waals surface area (Å²) in [6.45, 7) is 4.64. The summed E-state index contributed by atoms with van der Waals surface area (Å²) in [6.07, 6.45) is 0.629. The molecule has 2 aromatic carbocycles. The number of halogens is 1. The van der Waals surface area contributed by atoms with Gasteiger partial charge in [0.2, 0.25) is 11.8 Å². The molecule has 0 radical (unpaired) electrons. The third kappa shape index (κ3) is 4.42. The van der Waals surface area contributed by atoms with E-state index in [-0.39, 0.29) is 35.5 Å². The van der Waals surface area contributed by atoms with Crippen LogP contribution < -0.4 is 10.2 Å². The number of carbonyl (C=O) groups excluding carboxylic acids is 2. The molecule has 2 aromatic rings. The first-order valence-corrected chi connectivity index (χ1v) is 10.2. The first-order valence-electron chi connectivity index (χ1n) is 10.2. The van der Waals surface area contributed by atoms with E-state index in [4.69, 9.17) is 0 Å². The zero-order valence-electron chi connectivity index (χ0n) is 16.6. The van der Waals surface area contributed by atoms with Crippen molar-refractivity contribution in [1.29, 1.82) is 0 Å². The maximum absolute atomic E-state index is 13.1. The molecular weight excluding hydrogens is 369 g/mol. The van der Waals surface area contributed by atoms with Gasteiger partial charge >= 0.3 is 0 Å². The Labute approximate surface area is 170 Å². The van der Waals surface area contributed by atoms with E-state index in [9.17, 15) is 14.0 Å². The Balaban J connectivity index is 1.26. The van der Waals surface area contributed by atoms with Crippen LogP contribution in [0.3, 0.4) is 0 Å². The minimum absolute atomic E-state index is 0.0374. The lowest BCUT2D eigenvalue weighted by molar-refractivity contribution is -0.135. The maximum atomic E-state index is 13.1. The molecule has 0 aromatic heterocycles. The first kappa shape index (κ1) is 19.4. The van der Waals surface area contributed by atoms with Crippen molar-refractivity contribution in [3.8, 4) is 0 Å². The first-order chi connectivity index (χ1) is 14.0. The molecule has 0 bridgehead atoms. The molecule has 3 unspecified atom stereocenters. The van der Waals surface area contributed by atoms with Crippen LogP contribution in [0.15, 0.2) is 54.6 Å². The largest absolute Gasteiger partial charge is 0.368 e. The van der Waals surface area contributed by atoms with Crippen LogP contribution in [-0.4, -0.2) is 42.9 Å². The molecular formula is C23H26FN3O2. The summed E-state index contributed by atoms with van der Waals surface area (Å²) >= 11 is 0. The van der Waals surface area contributed by atoms with Crippen LogP contribution in [0, 0.1) is 17.7 Å². The van der Waals surface area contributed by atoms with E-state index < -0.39 is 0 Å². The topological polar surface area (TPSA) is 52.7 Å². The second-order valence-corrected chi connectivity index (χ2v) is 7.88. The second-order valence-electron chi connectivity index (χ2n) is 7.88. The normalized spacial score (nSPS) is 22.1. The van der Waals surface area contributed by atoms with Gasteiger partial charge in [-0.1, -0.05) is 30.3 Å². The molecule has 2 amide bonds. The lowest BCUT2D eigenvalue weighted by atomic mass is 10.1. The molecule has 6 heteroatoms. The van der Waals surface area contributed by atoms with E-state index in [1.165, 1.54) is 12.1 Å². The summed E-state index contributed by atoms with van der Waals surface area (Å²) in [5, 5.41) is 3.03. The van der Waals surface area contributed by atoms with Crippen LogP contribution in [0.25, 0.3) is 0 Å². The van der Waals surface area contributed by atoms with Crippen molar-refractivity contribution in [2.24, 2.45) is 11.8 Å². The smallest absolute Gasteiger partial charge is 0.226 e. The number of carbonyl (C=O) groups is 2. The van der Waals surface area contributed by atoms with E-state index in [2.05, 4.69) is 10.2 Å². The summed E-state index contributed by atoms with van der Waals surface area (Å²) in [6, 6.07) is 16.2. The lowest BCUT2D eigenvalue weighted by Gasteiger charge is -2.36. The SMILES string of the molecule is CC(NC(=O)C1CC1C(=O)N1CCN(c2ccc(F)cc2)CC1)c1ccccc1. The molecule has 1 saturated heterocycles. The number of amides is 2. The molecule has 152 valence electrons. The maximum Gasteiger partial charge on any atom is 0.226 e. The Morgan fingerprint density at radius 3 is 2.28 bits per heavy atom. The Bertz CT molecular complexity index is 863. The molecule has 1 saturated carbocycles. The number of hydrogen-bond acceptors (Lipinski definition) is 3. The summed E-state index contributed by atoms with van der Waals surface area (Å²) in [4.78, 5) is 29.3. The zero-order valence-corrected chi connectivity index (χ0v) is 16.6. The number of nitrogens with zero attached hydrogens (tertiary/aromatic N) is 2. The van der Waals surface area contributed by atoms with Crippen molar-refractivity contribution in [3.05, 3.63) is 66.0 Å². The van der Waals surface area contributed by atoms with Crippen molar-refractivity contribution < 1.29 is 14.0 Å². The van der Waals surface area contributed by atoms with Gasteiger partial charge in [-0.3, -0.25) is 9.59 Å². The summed E-state index contributed by atoms with van der Waals surface area (Å²) in [5.41, 5.74) is 2.03. The van der Waals surface area contributed by atoms with Crippen LogP contribution in [0.1, 0.15) is 24.9 Å². The molecule has 3 atom stereocenters. The van der Waals surface area contributed by atoms with Crippen molar-refractivity contribution in [2.45, 2.75) is 19.4 Å². The number of benzene rings is 2. The van der Waals surface area contributed by atoms with Crippen molar-refractivity contribution in [1.82, 2.24) is 10.2 Å². The van der Waals surface area contributed by atoms with E-state index in [0.717, 1.165) is 11.3 Å². The van der Waals surface area contributed by atoms with Gasteiger partial charge < -0.3 is 15.1 Å². The van der Waals surface area contributed by atoms with E-state index >= 15 is 0 Å². The van der Waals surface area contributed by atoms with Gasteiger partial charge in [-0.2, -0.15) is 0 Å². The Morgan fingerprint density at radius 1 is 0.966 bits per heavy atom. The predicted molar refractivity (Wildman–Crippen MR) is 110 cm³/mol. The van der Waals surface area contributed by atoms with Gasteiger partial charge in [-0.15, -0.1) is 0 Å². The monoisotopic (exact) mass is 395 g/mol. The molecule has 1 aliphatic carbocycles. The minimum Gasteiger partial charge on any atom is -0.368 e. The highest BCUT2D eigenvalue weighted by Gasteiger charge is 2.49. The van der Waals surface area contributed by atoms with Gasteiger partial charge in [-0.05, 0) is 43.2 Å². The number of piperazine rings is 1. The van der Waals surface area contributed by atoms with Gasteiger partial charge in [0, 0.05) is 31.9 Å². The van der Waals surface area contributed by atoms with Crippen molar-refractivity contribution in [2.75, 3.05) is 31.1 Å². The summed E-state index contributed by atoms with van der Waals surface area (Å²) < 4.78 is 13.1. The average Bonchev–Trinajstić information content (AvgIpc) is 3.56. The van der Waals surface area contributed by atoms with E-state index in [1.54, 1.807) is 12.1 Å². The van der Waals surface area contributed by atoms with Crippen LogP contribution in [0.5, 0.6) is 0 Å². The fourth-order valence-corrected chi connectivity index (χ4v) is 3.97. The second kappa shape index (κ2) is 8.23. The number of anilines is 1. The molecule has 1 N–H and O–H groups in total. The molecule has 0 spiro atoms. The molecule has 5 nitrogen and oxygen atoms in total. The fraction of sp³-hybridized carbons (Fsp3) is 0.391. The molecule has 4 rings (SSSR count). The molecule has 2 aliphatic rings. The molecule has 2 fully saturated rings. The number of hydrogen-bond donors (Lipinski definition) is 1. The Morgan fingerprint density at radius 2 is 1.62 bits per heavy atom. The highest BCUT2D eigenvalue weighted by Crippen LogP contribution is 2.40. The highest BCUT2D eigenvalue weighted by molar-refractivity contribution is 5.92. The molecule has 1 heterocycles. The van der Waals surface area contributed by atoms with Crippen LogP contribution >= 0.6 is 0 Å². The quantitative estimate of drug-likeness (QED) is 0.847. The van der Waals surface area contributed by atoms with Crippen molar-refractivity contribution >= 4 is 17.5 Å². The van der Waals surface area contributed by atoms with Gasteiger partial charge in [0.25, 0.3) is 0 Å². The van der Waals surface area contributed by atoms with Crippen LogP contribution in [0.2, 0.25) is 0 Å². The zero-order chi connectivity index (χ0) is 20.4. The molecule has 29 heavy (non-hydrogen) atoms. The van der Waals surface area contributed by atoms with Crippen molar-refractivity contribution in [3.63, 3.8) is 0 Å². The van der Waals surface area contributed by atoms with Crippen LogP contribution in [0.4, 0.5) is 10.1 Å². The highest BCUT2D eigenvalue weighted by atomic mass is 19.1. The van der Waals surface area contributed by atoms with Gasteiger partial charge in [-0.25, -0.2) is 4.39 Å². The van der Waals surface area contributed by atoms with E-state index in [1.807, 2.05) is 42.2 Å². The third-order valence-electron chi connectivity index (χ3n) is 5.89. The summed E-state index contributed by atoms with van der Waals surface area (Å²) in [5.74, 6) is -0.623. The summed E-state index contributed by atoms with van der Waals surface area (Å²) in [7, 11) is 0. The fourth-order valence-electron chi connectivity index (χ4n) is 3.97. The van der Waals surface area contributed by atoms with Crippen LogP contribution in [-0.2, 0) is 9.59 Å². The third-order valence-corrected chi connectivity index (χ3v) is 5.89. The van der Waals surface area contributed by atoms with Gasteiger partial charge in [0.1, 0.15) is 5.82 Å². The predicted octanol–water partition coefficient (Wildman–Crippen LogP) is 2.99. The molecule has 1 aliphatic heterocycles. The number of nitrogens with one attached hydrogen (secondary N) is 1.